The molecule has 7 heteroatoms. The summed E-state index contributed by atoms with van der Waals surface area (Å²) >= 11 is 3.40. The van der Waals surface area contributed by atoms with E-state index in [4.69, 9.17) is 9.47 Å². The molecule has 0 radical (unpaired) electrons. The van der Waals surface area contributed by atoms with Crippen molar-refractivity contribution >= 4 is 33.6 Å². The molecule has 0 saturated heterocycles. The molecule has 0 fully saturated rings. The van der Waals surface area contributed by atoms with Crippen molar-refractivity contribution in [2.75, 3.05) is 18.5 Å². The van der Waals surface area contributed by atoms with Crippen molar-refractivity contribution in [3.05, 3.63) is 70.5 Å². The number of ether oxygens (including phenoxy) is 2. The Bertz CT molecular complexity index is 951. The molecule has 144 valence electrons. The number of halogens is 2. The van der Waals surface area contributed by atoms with Crippen molar-refractivity contribution in [3.63, 3.8) is 0 Å². The van der Waals surface area contributed by atoms with E-state index in [0.29, 0.717) is 34.7 Å². The van der Waals surface area contributed by atoms with E-state index >= 15 is 0 Å². The molecular formula is C21H18BrFN2O3. The van der Waals surface area contributed by atoms with E-state index in [1.807, 2.05) is 13.0 Å². The molecule has 5 nitrogen and oxygen atoms in total. The molecule has 0 atom stereocenters. The number of rotatable bonds is 8. The normalized spacial score (nSPS) is 10.7. The van der Waals surface area contributed by atoms with Crippen molar-refractivity contribution in [1.82, 2.24) is 0 Å². The van der Waals surface area contributed by atoms with Crippen LogP contribution in [0.5, 0.6) is 11.5 Å². The molecule has 0 aliphatic carbocycles. The molecule has 2 rings (SSSR count). The Morgan fingerprint density at radius 3 is 2.68 bits per heavy atom. The first kappa shape index (κ1) is 21.2. The minimum atomic E-state index is -0.718. The number of hydrogen-bond acceptors (Lipinski definition) is 4. The number of anilines is 1. The fourth-order valence-corrected chi connectivity index (χ4v) is 2.68. The van der Waals surface area contributed by atoms with E-state index in [9.17, 15) is 14.4 Å². The second-order valence-corrected chi connectivity index (χ2v) is 6.31. The number of nitriles is 1. The number of hydrogen-bond donors (Lipinski definition) is 1. The molecule has 0 aromatic heterocycles. The van der Waals surface area contributed by atoms with Gasteiger partial charge in [0.25, 0.3) is 5.91 Å². The molecule has 28 heavy (non-hydrogen) atoms. The molecule has 1 N–H and O–H groups in total. The molecule has 2 aromatic rings. The van der Waals surface area contributed by atoms with Gasteiger partial charge in [0, 0.05) is 4.47 Å². The molecular weight excluding hydrogens is 427 g/mol. The predicted octanol–water partition coefficient (Wildman–Crippen LogP) is 5.10. The van der Waals surface area contributed by atoms with Crippen molar-refractivity contribution in [2.24, 2.45) is 0 Å². The smallest absolute Gasteiger partial charge is 0.266 e. The summed E-state index contributed by atoms with van der Waals surface area (Å²) in [5.74, 6) is -0.341. The molecule has 0 bridgehead atoms. The number of nitrogens with zero attached hydrogens (tertiary/aromatic N) is 1. The maximum Gasteiger partial charge on any atom is 0.266 e. The molecule has 0 unspecified atom stereocenters. The van der Waals surface area contributed by atoms with Crippen molar-refractivity contribution < 1.29 is 18.7 Å². The Balaban J connectivity index is 2.35. The summed E-state index contributed by atoms with van der Waals surface area (Å²) in [6.07, 6.45) is 3.00. The summed E-state index contributed by atoms with van der Waals surface area (Å²) in [6.45, 7) is 6.15. The Labute approximate surface area is 171 Å². The largest absolute Gasteiger partial charge is 0.490 e. The highest BCUT2D eigenvalue weighted by Crippen LogP contribution is 2.35. The minimum Gasteiger partial charge on any atom is -0.490 e. The maximum atomic E-state index is 13.7. The van der Waals surface area contributed by atoms with Crippen LogP contribution in [0.15, 0.2) is 59.1 Å². The van der Waals surface area contributed by atoms with Crippen molar-refractivity contribution in [1.29, 1.82) is 5.26 Å². The Morgan fingerprint density at radius 1 is 1.32 bits per heavy atom. The van der Waals surface area contributed by atoms with Gasteiger partial charge in [-0.1, -0.05) is 40.7 Å². The van der Waals surface area contributed by atoms with Crippen LogP contribution in [0.2, 0.25) is 0 Å². The zero-order chi connectivity index (χ0) is 20.5. The first-order valence-corrected chi connectivity index (χ1v) is 9.17. The number of amides is 1. The number of nitrogens with one attached hydrogen (secondary N) is 1. The van der Waals surface area contributed by atoms with Crippen molar-refractivity contribution in [2.45, 2.75) is 6.92 Å². The average Bonchev–Trinajstić information content (AvgIpc) is 2.68. The van der Waals surface area contributed by atoms with Crippen LogP contribution in [0.25, 0.3) is 6.08 Å². The van der Waals surface area contributed by atoms with Crippen LogP contribution in [0.1, 0.15) is 12.5 Å². The quantitative estimate of drug-likeness (QED) is 0.349. The predicted molar refractivity (Wildman–Crippen MR) is 110 cm³/mol. The minimum absolute atomic E-state index is 0.00380. The SMILES string of the molecule is C=CCOc1cc(Br)c(/C=C(/C#N)C(=O)Nc2ccccc2F)cc1OCC. The summed E-state index contributed by atoms with van der Waals surface area (Å²) in [5, 5.41) is 11.8. The number of benzene rings is 2. The van der Waals surface area contributed by atoms with Crippen LogP contribution in [-0.2, 0) is 4.79 Å². The van der Waals surface area contributed by atoms with Crippen LogP contribution in [-0.4, -0.2) is 19.1 Å². The van der Waals surface area contributed by atoms with Crippen molar-refractivity contribution in [3.8, 4) is 17.6 Å². The van der Waals surface area contributed by atoms with E-state index in [1.165, 1.54) is 24.3 Å². The van der Waals surface area contributed by atoms with Crippen LogP contribution in [0.3, 0.4) is 0 Å². The Morgan fingerprint density at radius 2 is 2.04 bits per heavy atom. The first-order chi connectivity index (χ1) is 13.5. The van der Waals surface area contributed by atoms with E-state index in [-0.39, 0.29) is 11.3 Å². The number of para-hydroxylation sites is 1. The van der Waals surface area contributed by atoms with Gasteiger partial charge in [-0.3, -0.25) is 4.79 Å². The summed E-state index contributed by atoms with van der Waals surface area (Å²) in [6, 6.07) is 10.9. The third-order valence-corrected chi connectivity index (χ3v) is 4.19. The third-order valence-electron chi connectivity index (χ3n) is 3.51. The number of carbonyl (C=O) groups is 1. The lowest BCUT2D eigenvalue weighted by Gasteiger charge is -2.13. The summed E-state index contributed by atoms with van der Waals surface area (Å²) in [7, 11) is 0. The molecule has 2 aromatic carbocycles. The van der Waals surface area contributed by atoms with Gasteiger partial charge in [-0.05, 0) is 42.8 Å². The zero-order valence-electron chi connectivity index (χ0n) is 15.2. The van der Waals surface area contributed by atoms with Gasteiger partial charge in [-0.2, -0.15) is 5.26 Å². The molecule has 1 amide bonds. The topological polar surface area (TPSA) is 71.3 Å². The van der Waals surface area contributed by atoms with Gasteiger partial charge in [-0.25, -0.2) is 4.39 Å². The highest BCUT2D eigenvalue weighted by atomic mass is 79.9. The zero-order valence-corrected chi connectivity index (χ0v) is 16.8. The van der Waals surface area contributed by atoms with E-state index in [0.717, 1.165) is 0 Å². The fourth-order valence-electron chi connectivity index (χ4n) is 2.25. The fraction of sp³-hybridized carbons (Fsp3) is 0.143. The maximum absolute atomic E-state index is 13.7. The lowest BCUT2D eigenvalue weighted by molar-refractivity contribution is -0.112. The van der Waals surface area contributed by atoms with Gasteiger partial charge in [-0.15, -0.1) is 0 Å². The van der Waals surface area contributed by atoms with Crippen LogP contribution < -0.4 is 14.8 Å². The third kappa shape index (κ3) is 5.44. The lowest BCUT2D eigenvalue weighted by Crippen LogP contribution is -2.14. The van der Waals surface area contributed by atoms with Gasteiger partial charge in [0.1, 0.15) is 24.1 Å². The molecule has 0 aliphatic rings. The first-order valence-electron chi connectivity index (χ1n) is 8.37. The van der Waals surface area contributed by atoms with E-state index in [1.54, 1.807) is 24.3 Å². The lowest BCUT2D eigenvalue weighted by atomic mass is 10.1. The van der Waals surface area contributed by atoms with E-state index in [2.05, 4.69) is 27.8 Å². The molecule has 0 spiro atoms. The Hall–Kier alpha value is -3.11. The van der Waals surface area contributed by atoms with Gasteiger partial charge < -0.3 is 14.8 Å². The second kappa shape index (κ2) is 10.3. The second-order valence-electron chi connectivity index (χ2n) is 5.46. The monoisotopic (exact) mass is 444 g/mol. The van der Waals surface area contributed by atoms with Gasteiger partial charge in [0.2, 0.25) is 0 Å². The molecule has 0 aliphatic heterocycles. The number of carbonyl (C=O) groups excluding carboxylic acids is 1. The average molecular weight is 445 g/mol. The standard InChI is InChI=1S/C21H18BrFN2O3/c1-3-9-28-20-12-16(22)14(11-19(20)27-4-2)10-15(13-24)21(26)25-18-8-6-5-7-17(18)23/h3,5-8,10-12H,1,4,9H2,2H3,(H,25,26)/b15-10-. The van der Waals surface area contributed by atoms with Gasteiger partial charge >= 0.3 is 0 Å². The van der Waals surface area contributed by atoms with Gasteiger partial charge in [0.05, 0.1) is 12.3 Å². The highest BCUT2D eigenvalue weighted by molar-refractivity contribution is 9.10. The summed E-state index contributed by atoms with van der Waals surface area (Å²) < 4.78 is 25.5. The molecule has 0 heterocycles. The van der Waals surface area contributed by atoms with Crippen LogP contribution in [0, 0.1) is 17.1 Å². The summed E-state index contributed by atoms with van der Waals surface area (Å²) in [5.41, 5.74) is 0.344. The van der Waals surface area contributed by atoms with Crippen LogP contribution >= 0.6 is 15.9 Å². The Kier molecular flexibility index (Phi) is 7.78. The molecule has 0 saturated carbocycles. The summed E-state index contributed by atoms with van der Waals surface area (Å²) in [4.78, 5) is 12.4. The van der Waals surface area contributed by atoms with Crippen LogP contribution in [0.4, 0.5) is 10.1 Å². The highest BCUT2D eigenvalue weighted by Gasteiger charge is 2.15. The van der Waals surface area contributed by atoms with Gasteiger partial charge in [0.15, 0.2) is 11.5 Å². The van der Waals surface area contributed by atoms with E-state index < -0.39 is 11.7 Å².